The molecule has 0 bridgehead atoms. The van der Waals surface area contributed by atoms with Gasteiger partial charge in [0.05, 0.1) is 6.42 Å². The average Bonchev–Trinajstić information content (AvgIpc) is 3.15. The number of carbonyl (C=O) groups is 4. The largest absolute Gasteiger partial charge is 0.477 e. The van der Waals surface area contributed by atoms with Crippen molar-refractivity contribution in [1.29, 1.82) is 0 Å². The number of carbonyl (C=O) groups excluding carboxylic acids is 3. The molecule has 3 rings (SSSR count). The molecule has 0 aliphatic carbocycles. The molecule has 0 aromatic carbocycles. The molecule has 28 heavy (non-hydrogen) atoms. The quantitative estimate of drug-likeness (QED) is 0.410. The number of carboxylic acids is 1. The lowest BCUT2D eigenvalue weighted by molar-refractivity contribution is -0.192. The van der Waals surface area contributed by atoms with E-state index < -0.39 is 35.0 Å². The summed E-state index contributed by atoms with van der Waals surface area (Å²) >= 11 is 2.60. The van der Waals surface area contributed by atoms with Crippen molar-refractivity contribution in [2.45, 2.75) is 17.5 Å². The number of thiophene rings is 1. The Labute approximate surface area is 167 Å². The van der Waals surface area contributed by atoms with Crippen molar-refractivity contribution in [3.05, 3.63) is 33.7 Å². The van der Waals surface area contributed by atoms with E-state index in [0.717, 1.165) is 9.78 Å². The highest BCUT2D eigenvalue weighted by atomic mass is 32.2. The Morgan fingerprint density at radius 2 is 2.21 bits per heavy atom. The highest BCUT2D eigenvalue weighted by Gasteiger charge is 2.66. The number of nitrogens with one attached hydrogen (secondary N) is 1. The van der Waals surface area contributed by atoms with Crippen molar-refractivity contribution < 1.29 is 33.8 Å². The Bertz CT molecular complexity index is 854. The molecule has 0 saturated carbocycles. The van der Waals surface area contributed by atoms with Gasteiger partial charge in [0, 0.05) is 23.3 Å². The molecule has 0 spiro atoms. The van der Waals surface area contributed by atoms with E-state index in [1.807, 2.05) is 11.4 Å². The van der Waals surface area contributed by atoms with Crippen LogP contribution in [0.15, 0.2) is 28.8 Å². The molecule has 2 aliphatic heterocycles. The molecule has 4 N–H and O–H groups in total. The Morgan fingerprint density at radius 1 is 1.46 bits per heavy atom. The van der Waals surface area contributed by atoms with Crippen LogP contribution in [0.1, 0.15) is 4.88 Å². The van der Waals surface area contributed by atoms with Crippen molar-refractivity contribution in [3.8, 4) is 0 Å². The maximum Gasteiger partial charge on any atom is 0.404 e. The van der Waals surface area contributed by atoms with Gasteiger partial charge in [-0.2, -0.15) is 0 Å². The predicted octanol–water partition coefficient (Wildman–Crippen LogP) is 0.0986. The van der Waals surface area contributed by atoms with Gasteiger partial charge in [-0.1, -0.05) is 6.07 Å². The summed E-state index contributed by atoms with van der Waals surface area (Å²) in [6, 6.07) is 3.61. The number of nitrogens with two attached hydrogens (primary N) is 1. The first kappa shape index (κ1) is 20.2. The zero-order valence-electron chi connectivity index (χ0n) is 14.7. The van der Waals surface area contributed by atoms with Gasteiger partial charge in [-0.05, 0) is 11.4 Å². The van der Waals surface area contributed by atoms with Crippen LogP contribution in [0, 0.1) is 0 Å². The topological polar surface area (TPSA) is 148 Å². The number of hydrogen-bond donors (Lipinski definition) is 3. The van der Waals surface area contributed by atoms with E-state index in [-0.39, 0.29) is 30.1 Å². The number of amides is 3. The van der Waals surface area contributed by atoms with Gasteiger partial charge in [-0.3, -0.25) is 14.5 Å². The Morgan fingerprint density at radius 3 is 2.79 bits per heavy atom. The lowest BCUT2D eigenvalue weighted by atomic mass is 9.98. The second-order valence-corrected chi connectivity index (χ2v) is 8.05. The van der Waals surface area contributed by atoms with Gasteiger partial charge in [0.2, 0.25) is 5.91 Å². The molecular formula is C16H17N3O7S2. The van der Waals surface area contributed by atoms with Crippen LogP contribution >= 0.6 is 23.1 Å². The average molecular weight is 427 g/mol. The van der Waals surface area contributed by atoms with Gasteiger partial charge in [0.25, 0.3) is 11.6 Å². The van der Waals surface area contributed by atoms with Crippen LogP contribution in [0.5, 0.6) is 0 Å². The Balaban J connectivity index is 1.81. The van der Waals surface area contributed by atoms with Crippen LogP contribution < -0.4 is 11.1 Å². The van der Waals surface area contributed by atoms with Gasteiger partial charge in [0.15, 0.2) is 0 Å². The molecule has 0 unspecified atom stereocenters. The smallest absolute Gasteiger partial charge is 0.404 e. The number of aliphatic carboxylic acids is 1. The molecule has 1 aromatic heterocycles. The summed E-state index contributed by atoms with van der Waals surface area (Å²) in [5, 5.41) is 13.2. The molecule has 1 fully saturated rings. The number of methoxy groups -OCH3 is 1. The van der Waals surface area contributed by atoms with Crippen LogP contribution in [0.3, 0.4) is 0 Å². The van der Waals surface area contributed by atoms with Crippen molar-refractivity contribution >= 4 is 47.0 Å². The number of primary amides is 1. The minimum absolute atomic E-state index is 0.0762. The molecule has 3 amide bonds. The SMILES string of the molecule is CO[C@@]1(NC(=O)Cc2cccs2)C(=O)N2C(C(=O)O)=C(COC(N)=O)CS[C@H]21. The van der Waals surface area contributed by atoms with Gasteiger partial charge in [-0.15, -0.1) is 23.1 Å². The molecule has 1 saturated heterocycles. The molecule has 12 heteroatoms. The minimum atomic E-state index is -1.66. The maximum atomic E-state index is 12.8. The van der Waals surface area contributed by atoms with Crippen LogP contribution in [0.4, 0.5) is 4.79 Å². The third kappa shape index (κ3) is 3.45. The number of β-lactam (4-membered cyclic amide) rings is 1. The fraction of sp³-hybridized carbons (Fsp3) is 0.375. The summed E-state index contributed by atoms with van der Waals surface area (Å²) in [6.07, 6.45) is -0.973. The zero-order chi connectivity index (χ0) is 20.5. The second kappa shape index (κ2) is 7.81. The Kier molecular flexibility index (Phi) is 5.63. The minimum Gasteiger partial charge on any atom is -0.477 e. The molecule has 150 valence electrons. The van der Waals surface area contributed by atoms with Crippen molar-refractivity contribution in [2.75, 3.05) is 19.5 Å². The van der Waals surface area contributed by atoms with Crippen molar-refractivity contribution in [2.24, 2.45) is 5.73 Å². The molecule has 3 heterocycles. The Hall–Kier alpha value is -2.57. The summed E-state index contributed by atoms with van der Waals surface area (Å²) in [5.74, 6) is -2.31. The molecular weight excluding hydrogens is 410 g/mol. The van der Waals surface area contributed by atoms with E-state index in [2.05, 4.69) is 10.1 Å². The van der Waals surface area contributed by atoms with Crippen LogP contribution in [-0.2, 0) is 30.3 Å². The lowest BCUT2D eigenvalue weighted by Gasteiger charge is -2.55. The number of nitrogens with zero attached hydrogens (tertiary/aromatic N) is 1. The summed E-state index contributed by atoms with van der Waals surface area (Å²) in [5.41, 5.74) is 3.20. The van der Waals surface area contributed by atoms with E-state index in [4.69, 9.17) is 10.5 Å². The molecule has 1 aromatic rings. The van der Waals surface area contributed by atoms with E-state index in [1.165, 1.54) is 30.2 Å². The fourth-order valence-corrected chi connectivity index (χ4v) is 5.16. The van der Waals surface area contributed by atoms with Crippen LogP contribution in [0.25, 0.3) is 0 Å². The highest BCUT2D eigenvalue weighted by Crippen LogP contribution is 2.46. The number of carboxylic acid groups (broad SMARTS) is 1. The van der Waals surface area contributed by atoms with Crippen molar-refractivity contribution in [1.82, 2.24) is 10.2 Å². The first-order valence-corrected chi connectivity index (χ1v) is 9.94. The fourth-order valence-electron chi connectivity index (χ4n) is 3.04. The first-order chi connectivity index (χ1) is 13.3. The lowest BCUT2D eigenvalue weighted by Crippen LogP contribution is -2.80. The first-order valence-electron chi connectivity index (χ1n) is 8.01. The van der Waals surface area contributed by atoms with E-state index in [1.54, 1.807) is 6.07 Å². The third-order valence-electron chi connectivity index (χ3n) is 4.26. The summed E-state index contributed by atoms with van der Waals surface area (Å²) in [7, 11) is 1.27. The summed E-state index contributed by atoms with van der Waals surface area (Å²) < 4.78 is 10.0. The van der Waals surface area contributed by atoms with E-state index >= 15 is 0 Å². The molecule has 0 radical (unpaired) electrons. The zero-order valence-corrected chi connectivity index (χ0v) is 16.3. The van der Waals surface area contributed by atoms with Crippen LogP contribution in [-0.4, -0.2) is 64.5 Å². The highest BCUT2D eigenvalue weighted by molar-refractivity contribution is 8.00. The summed E-state index contributed by atoms with van der Waals surface area (Å²) in [4.78, 5) is 49.6. The number of rotatable bonds is 7. The summed E-state index contributed by atoms with van der Waals surface area (Å²) in [6.45, 7) is -0.342. The van der Waals surface area contributed by atoms with Gasteiger partial charge >= 0.3 is 12.1 Å². The number of thioether (sulfide) groups is 1. The number of ether oxygens (including phenoxy) is 2. The maximum absolute atomic E-state index is 12.8. The van der Waals surface area contributed by atoms with Crippen molar-refractivity contribution in [3.63, 3.8) is 0 Å². The van der Waals surface area contributed by atoms with E-state index in [0.29, 0.717) is 0 Å². The van der Waals surface area contributed by atoms with Crippen LogP contribution in [0.2, 0.25) is 0 Å². The molecule has 2 atom stereocenters. The standard InChI is InChI=1S/C16H17N3O7S2/c1-25-16(18-10(20)5-9-3-2-4-27-9)13(23)19-11(12(21)22)8(6-26-15(17)24)7-28-14(16)19/h2-4,14H,5-7H2,1H3,(H2,17,24)(H,18,20)(H,21,22)/t14-,16-/m0/s1. The predicted molar refractivity (Wildman–Crippen MR) is 99.2 cm³/mol. The van der Waals surface area contributed by atoms with Gasteiger partial charge in [0.1, 0.15) is 17.7 Å². The third-order valence-corrected chi connectivity index (χ3v) is 6.51. The molecule has 10 nitrogen and oxygen atoms in total. The van der Waals surface area contributed by atoms with Gasteiger partial charge in [-0.25, -0.2) is 9.59 Å². The van der Waals surface area contributed by atoms with E-state index in [9.17, 15) is 24.3 Å². The normalized spacial score (nSPS) is 23.7. The monoisotopic (exact) mass is 427 g/mol. The number of hydrogen-bond acceptors (Lipinski definition) is 8. The molecule has 2 aliphatic rings. The second-order valence-electron chi connectivity index (χ2n) is 5.95. The van der Waals surface area contributed by atoms with Gasteiger partial charge < -0.3 is 25.6 Å². The number of fused-ring (bicyclic) bond motifs is 1.